The van der Waals surface area contributed by atoms with Gasteiger partial charge < -0.3 is 15.0 Å². The van der Waals surface area contributed by atoms with E-state index in [1.165, 1.54) is 0 Å². The first kappa shape index (κ1) is 15.7. The normalized spacial score (nSPS) is 18.3. The number of likely N-dealkylation sites (tertiary alicyclic amines) is 1. The van der Waals surface area contributed by atoms with E-state index in [0.717, 1.165) is 30.9 Å². The molecule has 124 valence electrons. The summed E-state index contributed by atoms with van der Waals surface area (Å²) in [6.45, 7) is 5.17. The SMILES string of the molecule is CCOCCNC(=O)N1CCC[C@H](c2nnc3ccccn23)C1. The van der Waals surface area contributed by atoms with Crippen molar-refractivity contribution in [2.24, 2.45) is 0 Å². The number of fused-ring (bicyclic) bond motifs is 1. The Morgan fingerprint density at radius 1 is 1.43 bits per heavy atom. The quantitative estimate of drug-likeness (QED) is 0.851. The number of ether oxygens (including phenoxy) is 1. The second-order valence-corrected chi connectivity index (χ2v) is 5.70. The van der Waals surface area contributed by atoms with Gasteiger partial charge in [-0.1, -0.05) is 6.07 Å². The number of pyridine rings is 1. The molecule has 7 heteroatoms. The average molecular weight is 317 g/mol. The van der Waals surface area contributed by atoms with Crippen LogP contribution in [0.4, 0.5) is 4.79 Å². The first-order valence-corrected chi connectivity index (χ1v) is 8.19. The lowest BCUT2D eigenvalue weighted by molar-refractivity contribution is 0.142. The molecule has 1 atom stereocenters. The third-order valence-electron chi connectivity index (χ3n) is 4.14. The molecule has 1 N–H and O–H groups in total. The van der Waals surface area contributed by atoms with Gasteiger partial charge in [0.1, 0.15) is 5.82 Å². The Bertz CT molecular complexity index is 657. The third kappa shape index (κ3) is 3.61. The Hall–Kier alpha value is -2.15. The molecule has 1 saturated heterocycles. The van der Waals surface area contributed by atoms with Gasteiger partial charge in [0.2, 0.25) is 0 Å². The van der Waals surface area contributed by atoms with Crippen molar-refractivity contribution in [3.8, 4) is 0 Å². The molecule has 0 saturated carbocycles. The molecule has 1 aliphatic heterocycles. The molecule has 2 aromatic rings. The minimum absolute atomic E-state index is 0.0248. The smallest absolute Gasteiger partial charge is 0.317 e. The van der Waals surface area contributed by atoms with Crippen molar-refractivity contribution in [3.63, 3.8) is 0 Å². The number of urea groups is 1. The molecule has 0 radical (unpaired) electrons. The molecule has 7 nitrogen and oxygen atoms in total. The number of nitrogens with zero attached hydrogens (tertiary/aromatic N) is 4. The zero-order chi connectivity index (χ0) is 16.1. The average Bonchev–Trinajstić information content (AvgIpc) is 3.03. The summed E-state index contributed by atoms with van der Waals surface area (Å²) in [4.78, 5) is 14.1. The molecule has 0 unspecified atom stereocenters. The summed E-state index contributed by atoms with van der Waals surface area (Å²) in [5.74, 6) is 1.16. The van der Waals surface area contributed by atoms with Crippen LogP contribution in [0.2, 0.25) is 0 Å². The number of carbonyl (C=O) groups is 1. The van der Waals surface area contributed by atoms with Crippen molar-refractivity contribution >= 4 is 11.7 Å². The number of hydrogen-bond acceptors (Lipinski definition) is 4. The van der Waals surface area contributed by atoms with Gasteiger partial charge in [-0.25, -0.2) is 4.79 Å². The summed E-state index contributed by atoms with van der Waals surface area (Å²) in [6, 6.07) is 5.84. The molecule has 1 aliphatic rings. The lowest BCUT2D eigenvalue weighted by atomic mass is 9.97. The van der Waals surface area contributed by atoms with Crippen molar-refractivity contribution in [2.75, 3.05) is 32.8 Å². The summed E-state index contributed by atoms with van der Waals surface area (Å²) in [7, 11) is 0. The van der Waals surface area contributed by atoms with Crippen LogP contribution in [0.15, 0.2) is 24.4 Å². The van der Waals surface area contributed by atoms with Gasteiger partial charge in [0, 0.05) is 38.4 Å². The van der Waals surface area contributed by atoms with E-state index in [1.807, 2.05) is 40.6 Å². The standard InChI is InChI=1S/C16H23N5O2/c1-2-23-11-8-17-16(22)20-9-5-6-13(12-20)15-19-18-14-7-3-4-10-21(14)15/h3-4,7,10,13H,2,5-6,8-9,11-12H2,1H3,(H,17,22)/t13-/m0/s1. The van der Waals surface area contributed by atoms with E-state index in [9.17, 15) is 4.79 Å². The van der Waals surface area contributed by atoms with E-state index < -0.39 is 0 Å². The van der Waals surface area contributed by atoms with E-state index >= 15 is 0 Å². The number of aromatic nitrogens is 3. The molecular formula is C16H23N5O2. The van der Waals surface area contributed by atoms with Crippen LogP contribution in [0.5, 0.6) is 0 Å². The van der Waals surface area contributed by atoms with Crippen molar-refractivity contribution in [1.29, 1.82) is 0 Å². The summed E-state index contributed by atoms with van der Waals surface area (Å²) in [6.07, 6.45) is 3.98. The molecule has 3 heterocycles. The second kappa shape index (κ2) is 7.41. The molecule has 2 amide bonds. The number of piperidine rings is 1. The van der Waals surface area contributed by atoms with E-state index in [2.05, 4.69) is 15.5 Å². The van der Waals surface area contributed by atoms with Crippen LogP contribution < -0.4 is 5.32 Å². The number of hydrogen-bond donors (Lipinski definition) is 1. The highest BCUT2D eigenvalue weighted by Gasteiger charge is 2.27. The van der Waals surface area contributed by atoms with Gasteiger partial charge in [-0.3, -0.25) is 4.40 Å². The van der Waals surface area contributed by atoms with Crippen LogP contribution in [0, 0.1) is 0 Å². The topological polar surface area (TPSA) is 71.8 Å². The third-order valence-corrected chi connectivity index (χ3v) is 4.14. The zero-order valence-electron chi connectivity index (χ0n) is 13.4. The fourth-order valence-electron chi connectivity index (χ4n) is 3.00. The van der Waals surface area contributed by atoms with Crippen LogP contribution in [-0.4, -0.2) is 58.4 Å². The largest absolute Gasteiger partial charge is 0.380 e. The van der Waals surface area contributed by atoms with Gasteiger partial charge in [-0.15, -0.1) is 10.2 Å². The Kier molecular flexibility index (Phi) is 5.07. The molecular weight excluding hydrogens is 294 g/mol. The van der Waals surface area contributed by atoms with Gasteiger partial charge in [-0.05, 0) is 31.9 Å². The zero-order valence-corrected chi connectivity index (χ0v) is 13.4. The van der Waals surface area contributed by atoms with Gasteiger partial charge in [0.15, 0.2) is 5.65 Å². The summed E-state index contributed by atoms with van der Waals surface area (Å²) in [5, 5.41) is 11.5. The molecule has 3 rings (SSSR count). The highest BCUT2D eigenvalue weighted by molar-refractivity contribution is 5.74. The van der Waals surface area contributed by atoms with Crippen molar-refractivity contribution < 1.29 is 9.53 Å². The first-order chi connectivity index (χ1) is 11.3. The van der Waals surface area contributed by atoms with Crippen LogP contribution in [0.3, 0.4) is 0 Å². The van der Waals surface area contributed by atoms with Crippen molar-refractivity contribution in [1.82, 2.24) is 24.8 Å². The van der Waals surface area contributed by atoms with E-state index in [0.29, 0.717) is 26.3 Å². The van der Waals surface area contributed by atoms with Gasteiger partial charge >= 0.3 is 6.03 Å². The predicted octanol–water partition coefficient (Wildman–Crippen LogP) is 1.65. The molecule has 0 bridgehead atoms. The molecule has 0 spiro atoms. The molecule has 2 aromatic heterocycles. The highest BCUT2D eigenvalue weighted by atomic mass is 16.5. The maximum Gasteiger partial charge on any atom is 0.317 e. The number of rotatable bonds is 5. The fraction of sp³-hybridized carbons (Fsp3) is 0.562. The lowest BCUT2D eigenvalue weighted by Gasteiger charge is -2.32. The van der Waals surface area contributed by atoms with Crippen molar-refractivity contribution in [2.45, 2.75) is 25.7 Å². The highest BCUT2D eigenvalue weighted by Crippen LogP contribution is 2.25. The number of nitrogens with one attached hydrogen (secondary N) is 1. The number of amides is 2. The summed E-state index contributed by atoms with van der Waals surface area (Å²) < 4.78 is 7.26. The van der Waals surface area contributed by atoms with Gasteiger partial charge in [-0.2, -0.15) is 0 Å². The second-order valence-electron chi connectivity index (χ2n) is 5.70. The molecule has 1 fully saturated rings. The predicted molar refractivity (Wildman–Crippen MR) is 86.4 cm³/mol. The minimum Gasteiger partial charge on any atom is -0.380 e. The monoisotopic (exact) mass is 317 g/mol. The minimum atomic E-state index is -0.0248. The summed E-state index contributed by atoms with van der Waals surface area (Å²) in [5.41, 5.74) is 0.848. The fourth-order valence-corrected chi connectivity index (χ4v) is 3.00. The van der Waals surface area contributed by atoms with Gasteiger partial charge in [0.05, 0.1) is 6.61 Å². The Morgan fingerprint density at radius 3 is 3.22 bits per heavy atom. The first-order valence-electron chi connectivity index (χ1n) is 8.19. The van der Waals surface area contributed by atoms with E-state index in [1.54, 1.807) is 0 Å². The Labute approximate surface area is 135 Å². The van der Waals surface area contributed by atoms with Crippen molar-refractivity contribution in [3.05, 3.63) is 30.2 Å². The van der Waals surface area contributed by atoms with Crippen LogP contribution in [0.1, 0.15) is 31.5 Å². The van der Waals surface area contributed by atoms with Crippen LogP contribution in [-0.2, 0) is 4.74 Å². The maximum atomic E-state index is 12.3. The Balaban J connectivity index is 1.63. The van der Waals surface area contributed by atoms with E-state index in [4.69, 9.17) is 4.74 Å². The van der Waals surface area contributed by atoms with Gasteiger partial charge in [0.25, 0.3) is 0 Å². The van der Waals surface area contributed by atoms with E-state index in [-0.39, 0.29) is 11.9 Å². The Morgan fingerprint density at radius 2 is 2.35 bits per heavy atom. The molecule has 23 heavy (non-hydrogen) atoms. The molecule has 0 aliphatic carbocycles. The lowest BCUT2D eigenvalue weighted by Crippen LogP contribution is -2.46. The maximum absolute atomic E-state index is 12.3. The summed E-state index contributed by atoms with van der Waals surface area (Å²) >= 11 is 0. The molecule has 0 aromatic carbocycles. The van der Waals surface area contributed by atoms with Crippen LogP contribution >= 0.6 is 0 Å². The van der Waals surface area contributed by atoms with Crippen LogP contribution in [0.25, 0.3) is 5.65 Å². The number of carbonyl (C=O) groups excluding carboxylic acids is 1.